The highest BCUT2D eigenvalue weighted by molar-refractivity contribution is 5.94. The summed E-state index contributed by atoms with van der Waals surface area (Å²) in [4.78, 5) is 14.2. The van der Waals surface area contributed by atoms with Gasteiger partial charge in [-0.3, -0.25) is 9.48 Å². The van der Waals surface area contributed by atoms with E-state index < -0.39 is 17.8 Å². The fraction of sp³-hybridized carbons (Fsp3) is 0.500. The molecule has 1 amide bonds. The summed E-state index contributed by atoms with van der Waals surface area (Å²) in [5, 5.41) is 7.13. The smallest absolute Gasteiger partial charge is 0.357 e. The van der Waals surface area contributed by atoms with Gasteiger partial charge in [0, 0.05) is 18.0 Å². The Labute approximate surface area is 138 Å². The van der Waals surface area contributed by atoms with Crippen LogP contribution in [0.2, 0.25) is 0 Å². The Bertz CT molecular complexity index is 737. The summed E-state index contributed by atoms with van der Waals surface area (Å²) in [6.45, 7) is 9.62. The zero-order valence-electron chi connectivity index (χ0n) is 14.2. The molecule has 24 heavy (non-hydrogen) atoms. The molecule has 2 N–H and O–H groups in total. The number of H-pyrrole nitrogens is 1. The van der Waals surface area contributed by atoms with Crippen LogP contribution in [0.1, 0.15) is 61.0 Å². The molecule has 0 bridgehead atoms. The number of nitrogens with zero attached hydrogens (tertiary/aromatic N) is 2. The van der Waals surface area contributed by atoms with E-state index in [1.54, 1.807) is 11.6 Å². The molecular formula is C16H21F3N4O. The Morgan fingerprint density at radius 2 is 1.96 bits per heavy atom. The lowest BCUT2D eigenvalue weighted by atomic mass is 10.1. The molecule has 2 aromatic rings. The van der Waals surface area contributed by atoms with Crippen LogP contribution < -0.4 is 5.32 Å². The number of halogens is 3. The third-order valence-corrected chi connectivity index (χ3v) is 3.69. The van der Waals surface area contributed by atoms with Gasteiger partial charge >= 0.3 is 6.18 Å². The van der Waals surface area contributed by atoms with E-state index in [4.69, 9.17) is 0 Å². The first kappa shape index (κ1) is 18.1. The molecule has 2 heterocycles. The van der Waals surface area contributed by atoms with Gasteiger partial charge in [0.2, 0.25) is 0 Å². The first-order valence-corrected chi connectivity index (χ1v) is 7.52. The molecule has 0 spiro atoms. The average Bonchev–Trinajstić information content (AvgIpc) is 3.03. The van der Waals surface area contributed by atoms with Crippen molar-refractivity contribution >= 4 is 5.91 Å². The van der Waals surface area contributed by atoms with E-state index in [9.17, 15) is 18.0 Å². The molecule has 5 nitrogen and oxygen atoms in total. The SMILES string of the molecule is Cc1nn(C(C)(C)C)cc1[C@H](C)NC(=O)c1c[nH]c(C(F)(F)F)c1. The van der Waals surface area contributed by atoms with E-state index in [1.807, 2.05) is 33.9 Å². The number of carbonyl (C=O) groups is 1. The van der Waals surface area contributed by atoms with Crippen molar-refractivity contribution in [3.63, 3.8) is 0 Å². The number of amides is 1. The van der Waals surface area contributed by atoms with Crippen molar-refractivity contribution in [2.45, 2.75) is 52.4 Å². The van der Waals surface area contributed by atoms with Crippen molar-refractivity contribution < 1.29 is 18.0 Å². The van der Waals surface area contributed by atoms with Crippen LogP contribution in [0.25, 0.3) is 0 Å². The largest absolute Gasteiger partial charge is 0.431 e. The van der Waals surface area contributed by atoms with E-state index in [0.29, 0.717) is 0 Å². The number of rotatable bonds is 3. The molecule has 0 aromatic carbocycles. The lowest BCUT2D eigenvalue weighted by Crippen LogP contribution is -2.26. The molecule has 0 radical (unpaired) electrons. The van der Waals surface area contributed by atoms with Crippen molar-refractivity contribution in [1.29, 1.82) is 0 Å². The summed E-state index contributed by atoms with van der Waals surface area (Å²) >= 11 is 0. The summed E-state index contributed by atoms with van der Waals surface area (Å²) in [5.74, 6) is -0.572. The first-order chi connectivity index (χ1) is 10.9. The highest BCUT2D eigenvalue weighted by atomic mass is 19.4. The van der Waals surface area contributed by atoms with E-state index in [1.165, 1.54) is 0 Å². The molecule has 0 aliphatic carbocycles. The first-order valence-electron chi connectivity index (χ1n) is 7.52. The van der Waals surface area contributed by atoms with Crippen LogP contribution in [0.4, 0.5) is 13.2 Å². The van der Waals surface area contributed by atoms with Gasteiger partial charge in [-0.05, 0) is 40.7 Å². The quantitative estimate of drug-likeness (QED) is 0.891. The lowest BCUT2D eigenvalue weighted by Gasteiger charge is -2.19. The minimum Gasteiger partial charge on any atom is -0.357 e. The van der Waals surface area contributed by atoms with Crippen molar-refractivity contribution in [1.82, 2.24) is 20.1 Å². The highest BCUT2D eigenvalue weighted by Gasteiger charge is 2.33. The number of aromatic nitrogens is 3. The van der Waals surface area contributed by atoms with Gasteiger partial charge in [0.15, 0.2) is 0 Å². The second-order valence-electron chi connectivity index (χ2n) is 6.78. The maximum Gasteiger partial charge on any atom is 0.431 e. The predicted molar refractivity (Wildman–Crippen MR) is 83.6 cm³/mol. The molecule has 0 aliphatic heterocycles. The Kier molecular flexibility index (Phi) is 4.52. The number of nitrogens with one attached hydrogen (secondary N) is 2. The second kappa shape index (κ2) is 5.99. The Morgan fingerprint density at radius 1 is 1.33 bits per heavy atom. The third kappa shape index (κ3) is 3.80. The third-order valence-electron chi connectivity index (χ3n) is 3.69. The fourth-order valence-electron chi connectivity index (χ4n) is 2.29. The van der Waals surface area contributed by atoms with Gasteiger partial charge in [0.25, 0.3) is 5.91 Å². The number of alkyl halides is 3. The Morgan fingerprint density at radius 3 is 2.42 bits per heavy atom. The Balaban J connectivity index is 2.15. The summed E-state index contributed by atoms with van der Waals surface area (Å²) < 4.78 is 39.6. The molecule has 0 saturated heterocycles. The topological polar surface area (TPSA) is 62.7 Å². The van der Waals surface area contributed by atoms with Crippen LogP contribution in [-0.2, 0) is 11.7 Å². The second-order valence-corrected chi connectivity index (χ2v) is 6.78. The van der Waals surface area contributed by atoms with Crippen molar-refractivity contribution in [3.05, 3.63) is 41.0 Å². The summed E-state index contributed by atoms with van der Waals surface area (Å²) in [6.07, 6.45) is -1.61. The Hall–Kier alpha value is -2.25. The summed E-state index contributed by atoms with van der Waals surface area (Å²) in [7, 11) is 0. The zero-order chi connectivity index (χ0) is 18.3. The van der Waals surface area contributed by atoms with E-state index in [2.05, 4.69) is 15.4 Å². The molecule has 2 rings (SSSR count). The standard InChI is InChI=1S/C16H21F3N4O/c1-9(12-8-23(15(3,4)5)22-10(12)2)21-14(24)11-6-13(20-7-11)16(17,18)19/h6-9,20H,1-5H3,(H,21,24)/t9-/m0/s1. The van der Waals surface area contributed by atoms with Crippen molar-refractivity contribution in [3.8, 4) is 0 Å². The van der Waals surface area contributed by atoms with E-state index in [0.717, 1.165) is 23.5 Å². The van der Waals surface area contributed by atoms with Gasteiger partial charge in [-0.2, -0.15) is 18.3 Å². The minimum atomic E-state index is -4.51. The maximum atomic E-state index is 12.6. The van der Waals surface area contributed by atoms with Crippen LogP contribution in [0.5, 0.6) is 0 Å². The van der Waals surface area contributed by atoms with Crippen LogP contribution in [0.15, 0.2) is 18.5 Å². The molecule has 0 unspecified atom stereocenters. The fourth-order valence-corrected chi connectivity index (χ4v) is 2.29. The average molecular weight is 342 g/mol. The monoisotopic (exact) mass is 342 g/mol. The number of hydrogen-bond acceptors (Lipinski definition) is 2. The summed E-state index contributed by atoms with van der Waals surface area (Å²) in [5.41, 5.74) is 0.384. The van der Waals surface area contributed by atoms with Crippen LogP contribution in [0.3, 0.4) is 0 Å². The normalized spacial score (nSPS) is 13.8. The number of carbonyl (C=O) groups excluding carboxylic acids is 1. The zero-order valence-corrected chi connectivity index (χ0v) is 14.2. The number of aryl methyl sites for hydroxylation is 1. The number of aromatic amines is 1. The van der Waals surface area contributed by atoms with E-state index >= 15 is 0 Å². The van der Waals surface area contributed by atoms with Crippen molar-refractivity contribution in [2.24, 2.45) is 0 Å². The van der Waals surface area contributed by atoms with Crippen LogP contribution in [0, 0.1) is 6.92 Å². The minimum absolute atomic E-state index is 0.0601. The van der Waals surface area contributed by atoms with Gasteiger partial charge in [-0.25, -0.2) is 0 Å². The molecule has 2 aromatic heterocycles. The van der Waals surface area contributed by atoms with Gasteiger partial charge in [-0.1, -0.05) is 0 Å². The van der Waals surface area contributed by atoms with Crippen molar-refractivity contribution in [2.75, 3.05) is 0 Å². The van der Waals surface area contributed by atoms with Gasteiger partial charge < -0.3 is 10.3 Å². The molecule has 0 aliphatic rings. The molecule has 0 fully saturated rings. The maximum absolute atomic E-state index is 12.6. The highest BCUT2D eigenvalue weighted by Crippen LogP contribution is 2.28. The molecular weight excluding hydrogens is 321 g/mol. The van der Waals surface area contributed by atoms with Crippen LogP contribution >= 0.6 is 0 Å². The van der Waals surface area contributed by atoms with E-state index in [-0.39, 0.29) is 17.1 Å². The summed E-state index contributed by atoms with van der Waals surface area (Å²) in [6, 6.07) is 0.422. The van der Waals surface area contributed by atoms with Gasteiger partial charge in [-0.15, -0.1) is 0 Å². The molecule has 8 heteroatoms. The lowest BCUT2D eigenvalue weighted by molar-refractivity contribution is -0.140. The molecule has 1 atom stereocenters. The van der Waals surface area contributed by atoms with Gasteiger partial charge in [0.1, 0.15) is 5.69 Å². The number of hydrogen-bond donors (Lipinski definition) is 2. The molecule has 0 saturated carbocycles. The predicted octanol–water partition coefficient (Wildman–Crippen LogP) is 3.78. The molecule has 132 valence electrons. The van der Waals surface area contributed by atoms with Gasteiger partial charge in [0.05, 0.1) is 22.8 Å². The van der Waals surface area contributed by atoms with Crippen LogP contribution in [-0.4, -0.2) is 20.7 Å².